The van der Waals surface area contributed by atoms with Crippen LogP contribution < -0.4 is 15.4 Å². The fourth-order valence-electron chi connectivity index (χ4n) is 3.31. The number of ether oxygens (including phenoxy) is 1. The Hall–Kier alpha value is -3.49. The Labute approximate surface area is 207 Å². The number of hydrogen-bond acceptors (Lipinski definition) is 6. The smallest absolute Gasteiger partial charge is 0.234 e. The normalized spacial score (nSPS) is 10.7. The minimum atomic E-state index is -0.161. The lowest BCUT2D eigenvalue weighted by Crippen LogP contribution is -2.15. The predicted octanol–water partition coefficient (Wildman–Crippen LogP) is 5.58. The third-order valence-electron chi connectivity index (χ3n) is 4.98. The predicted molar refractivity (Wildman–Crippen MR) is 137 cm³/mol. The highest BCUT2D eigenvalue weighted by atomic mass is 35.5. The van der Waals surface area contributed by atoms with Crippen molar-refractivity contribution in [2.45, 2.75) is 18.6 Å². The highest BCUT2D eigenvalue weighted by molar-refractivity contribution is 7.99. The summed E-state index contributed by atoms with van der Waals surface area (Å²) in [5, 5.41) is 16.3. The number of rotatable bonds is 9. The van der Waals surface area contributed by atoms with Crippen LogP contribution in [0.3, 0.4) is 0 Å². The molecule has 2 N–H and O–H groups in total. The molecular weight excluding hydrogens is 470 g/mol. The van der Waals surface area contributed by atoms with Gasteiger partial charge in [0.05, 0.1) is 25.1 Å². The molecule has 0 spiro atoms. The van der Waals surface area contributed by atoms with Gasteiger partial charge in [0.25, 0.3) is 0 Å². The van der Waals surface area contributed by atoms with Gasteiger partial charge in [-0.25, -0.2) is 0 Å². The summed E-state index contributed by atoms with van der Waals surface area (Å²) in [6.07, 6.45) is 0. The van der Waals surface area contributed by atoms with Crippen LogP contribution in [0.2, 0.25) is 5.02 Å². The molecule has 9 heteroatoms. The highest BCUT2D eigenvalue weighted by Crippen LogP contribution is 2.26. The van der Waals surface area contributed by atoms with Crippen LogP contribution in [0.5, 0.6) is 5.75 Å². The molecule has 0 bridgehead atoms. The molecule has 1 heterocycles. The average Bonchev–Trinajstić information content (AvgIpc) is 3.25. The van der Waals surface area contributed by atoms with Crippen molar-refractivity contribution in [1.82, 2.24) is 14.8 Å². The molecule has 34 heavy (non-hydrogen) atoms. The fraction of sp³-hybridized carbons (Fsp3) is 0.160. The second kappa shape index (κ2) is 11.1. The van der Waals surface area contributed by atoms with Gasteiger partial charge in [-0.2, -0.15) is 0 Å². The van der Waals surface area contributed by atoms with Gasteiger partial charge in [0.1, 0.15) is 5.75 Å². The van der Waals surface area contributed by atoms with E-state index in [4.69, 9.17) is 16.3 Å². The molecule has 1 aromatic heterocycles. The molecule has 0 unspecified atom stereocenters. The third kappa shape index (κ3) is 5.89. The molecule has 1 amide bonds. The van der Waals surface area contributed by atoms with Gasteiger partial charge in [0.15, 0.2) is 11.0 Å². The molecule has 4 rings (SSSR count). The quantitative estimate of drug-likeness (QED) is 0.296. The molecule has 174 valence electrons. The second-order valence-electron chi connectivity index (χ2n) is 7.47. The maximum atomic E-state index is 12.6. The number of hydrogen-bond donors (Lipinski definition) is 2. The summed E-state index contributed by atoms with van der Waals surface area (Å²) in [7, 11) is 1.57. The van der Waals surface area contributed by atoms with E-state index in [1.807, 2.05) is 72.2 Å². The molecule has 0 radical (unpaired) electrons. The molecular formula is C25H24ClN5O2S. The third-order valence-corrected chi connectivity index (χ3v) is 6.15. The van der Waals surface area contributed by atoms with Crippen molar-refractivity contribution in [1.29, 1.82) is 0 Å². The first-order valence-corrected chi connectivity index (χ1v) is 12.0. The molecule has 4 aromatic rings. The van der Waals surface area contributed by atoms with Gasteiger partial charge in [-0.1, -0.05) is 59.3 Å². The van der Waals surface area contributed by atoms with E-state index in [1.165, 1.54) is 11.8 Å². The van der Waals surface area contributed by atoms with E-state index in [2.05, 4.69) is 20.8 Å². The van der Waals surface area contributed by atoms with Crippen LogP contribution in [0.1, 0.15) is 11.4 Å². The first-order chi connectivity index (χ1) is 16.5. The van der Waals surface area contributed by atoms with E-state index in [-0.39, 0.29) is 11.7 Å². The number of carbonyl (C=O) groups excluding carboxylic acids is 1. The Morgan fingerprint density at radius 1 is 1.06 bits per heavy atom. The zero-order valence-electron chi connectivity index (χ0n) is 18.8. The Balaban J connectivity index is 1.52. The van der Waals surface area contributed by atoms with E-state index in [1.54, 1.807) is 19.2 Å². The lowest BCUT2D eigenvalue weighted by Gasteiger charge is -2.12. The van der Waals surface area contributed by atoms with Crippen LogP contribution in [0.15, 0.2) is 78.0 Å². The first-order valence-electron chi connectivity index (χ1n) is 10.6. The first kappa shape index (κ1) is 23.7. The summed E-state index contributed by atoms with van der Waals surface area (Å²) >= 11 is 7.42. The van der Waals surface area contributed by atoms with Crippen molar-refractivity contribution in [3.8, 4) is 11.4 Å². The number of halogens is 1. The van der Waals surface area contributed by atoms with Crippen molar-refractivity contribution in [2.24, 2.45) is 0 Å². The number of amides is 1. The highest BCUT2D eigenvalue weighted by Gasteiger charge is 2.16. The molecule has 3 aromatic carbocycles. The van der Waals surface area contributed by atoms with Crippen LogP contribution >= 0.6 is 23.4 Å². The van der Waals surface area contributed by atoms with Gasteiger partial charge >= 0.3 is 0 Å². The summed E-state index contributed by atoms with van der Waals surface area (Å²) in [5.74, 6) is 1.34. The van der Waals surface area contributed by atoms with Crippen LogP contribution in [0.25, 0.3) is 5.69 Å². The molecule has 0 aliphatic carbocycles. The standard InChI is InChI=1S/C25H24ClN5O2S/c1-17-10-12-20(13-11-17)31-23(15-27-19-7-5-6-18(26)14-19)29-30-25(31)34-16-24(32)28-21-8-3-4-9-22(21)33-2/h3-14,27H,15-16H2,1-2H3,(H,28,32). The SMILES string of the molecule is COc1ccccc1NC(=O)CSc1nnc(CNc2cccc(Cl)c2)n1-c1ccc(C)cc1. The van der Waals surface area contributed by atoms with Crippen molar-refractivity contribution in [3.05, 3.63) is 89.2 Å². The number of methoxy groups -OCH3 is 1. The zero-order valence-corrected chi connectivity index (χ0v) is 20.4. The lowest BCUT2D eigenvalue weighted by molar-refractivity contribution is -0.113. The summed E-state index contributed by atoms with van der Waals surface area (Å²) in [4.78, 5) is 12.6. The number of para-hydroxylation sites is 2. The van der Waals surface area contributed by atoms with E-state index < -0.39 is 0 Å². The molecule has 0 aliphatic rings. The van der Waals surface area contributed by atoms with Gasteiger partial charge in [0.2, 0.25) is 5.91 Å². The van der Waals surface area contributed by atoms with Crippen molar-refractivity contribution >= 4 is 40.6 Å². The van der Waals surface area contributed by atoms with Crippen molar-refractivity contribution < 1.29 is 9.53 Å². The van der Waals surface area contributed by atoms with Gasteiger partial charge in [0, 0.05) is 16.4 Å². The maximum Gasteiger partial charge on any atom is 0.234 e. The summed E-state index contributed by atoms with van der Waals surface area (Å²) in [5.41, 5.74) is 3.59. The molecule has 0 atom stereocenters. The molecule has 7 nitrogen and oxygen atoms in total. The summed E-state index contributed by atoms with van der Waals surface area (Å²) in [6, 6.07) is 22.9. The van der Waals surface area contributed by atoms with Gasteiger partial charge in [-0.05, 0) is 49.4 Å². The number of nitrogens with one attached hydrogen (secondary N) is 2. The fourth-order valence-corrected chi connectivity index (χ4v) is 4.27. The minimum absolute atomic E-state index is 0.161. The van der Waals surface area contributed by atoms with Gasteiger partial charge < -0.3 is 15.4 Å². The van der Waals surface area contributed by atoms with Crippen molar-refractivity contribution in [2.75, 3.05) is 23.5 Å². The number of nitrogens with zero attached hydrogens (tertiary/aromatic N) is 3. The largest absolute Gasteiger partial charge is 0.495 e. The van der Waals surface area contributed by atoms with Crippen LogP contribution in [0, 0.1) is 6.92 Å². The maximum absolute atomic E-state index is 12.6. The minimum Gasteiger partial charge on any atom is -0.495 e. The van der Waals surface area contributed by atoms with Crippen LogP contribution in [-0.4, -0.2) is 33.5 Å². The van der Waals surface area contributed by atoms with E-state index in [9.17, 15) is 4.79 Å². The van der Waals surface area contributed by atoms with Gasteiger partial charge in [-0.15, -0.1) is 10.2 Å². The van der Waals surface area contributed by atoms with E-state index in [0.29, 0.717) is 28.2 Å². The Kier molecular flexibility index (Phi) is 7.72. The number of thioether (sulfide) groups is 1. The Morgan fingerprint density at radius 2 is 1.85 bits per heavy atom. The number of aromatic nitrogens is 3. The van der Waals surface area contributed by atoms with E-state index >= 15 is 0 Å². The number of aryl methyl sites for hydroxylation is 1. The van der Waals surface area contributed by atoms with Crippen LogP contribution in [-0.2, 0) is 11.3 Å². The molecule has 0 saturated carbocycles. The summed E-state index contributed by atoms with van der Waals surface area (Å²) < 4.78 is 7.26. The zero-order chi connectivity index (χ0) is 23.9. The van der Waals surface area contributed by atoms with Crippen molar-refractivity contribution in [3.63, 3.8) is 0 Å². The number of anilines is 2. The van der Waals surface area contributed by atoms with Crippen LogP contribution in [0.4, 0.5) is 11.4 Å². The molecule has 0 aliphatic heterocycles. The second-order valence-corrected chi connectivity index (χ2v) is 8.85. The average molecular weight is 494 g/mol. The molecule has 0 fully saturated rings. The monoisotopic (exact) mass is 493 g/mol. The Bertz CT molecular complexity index is 1280. The van der Waals surface area contributed by atoms with Gasteiger partial charge in [-0.3, -0.25) is 9.36 Å². The lowest BCUT2D eigenvalue weighted by atomic mass is 10.2. The molecule has 0 saturated heterocycles. The Morgan fingerprint density at radius 3 is 2.62 bits per heavy atom. The van der Waals surface area contributed by atoms with E-state index in [0.717, 1.165) is 22.8 Å². The number of carbonyl (C=O) groups is 1. The topological polar surface area (TPSA) is 81.1 Å². The number of benzene rings is 3. The summed E-state index contributed by atoms with van der Waals surface area (Å²) in [6.45, 7) is 2.48.